The molecule has 74 valence electrons. The van der Waals surface area contributed by atoms with Crippen LogP contribution < -0.4 is 5.73 Å². The molecule has 2 rings (SSSR count). The standard InChI is InChI=1S/C10H11NO2S/c11-7-10(12,8-3-5-14-6-8)9-2-1-4-13-9/h1-6,12H,7,11H2. The third kappa shape index (κ3) is 1.37. The van der Waals surface area contributed by atoms with E-state index in [1.54, 1.807) is 12.1 Å². The van der Waals surface area contributed by atoms with Gasteiger partial charge in [-0.1, -0.05) is 0 Å². The maximum absolute atomic E-state index is 10.3. The summed E-state index contributed by atoms with van der Waals surface area (Å²) in [4.78, 5) is 0. The summed E-state index contributed by atoms with van der Waals surface area (Å²) in [6.45, 7) is 0.108. The van der Waals surface area contributed by atoms with Crippen molar-refractivity contribution in [3.63, 3.8) is 0 Å². The molecule has 0 saturated heterocycles. The van der Waals surface area contributed by atoms with Crippen LogP contribution in [-0.2, 0) is 5.60 Å². The summed E-state index contributed by atoms with van der Waals surface area (Å²) in [6, 6.07) is 5.31. The Bertz CT molecular complexity index is 346. The minimum absolute atomic E-state index is 0.108. The molecule has 0 amide bonds. The largest absolute Gasteiger partial charge is 0.466 e. The molecule has 0 bridgehead atoms. The topological polar surface area (TPSA) is 59.4 Å². The van der Waals surface area contributed by atoms with Gasteiger partial charge in [0.05, 0.1) is 6.26 Å². The molecule has 1 unspecified atom stereocenters. The van der Waals surface area contributed by atoms with Gasteiger partial charge in [0, 0.05) is 12.1 Å². The maximum atomic E-state index is 10.3. The minimum atomic E-state index is -1.19. The van der Waals surface area contributed by atoms with Gasteiger partial charge in [-0.25, -0.2) is 0 Å². The number of rotatable bonds is 3. The van der Waals surface area contributed by atoms with Gasteiger partial charge < -0.3 is 15.3 Å². The van der Waals surface area contributed by atoms with Crippen LogP contribution in [0.4, 0.5) is 0 Å². The summed E-state index contributed by atoms with van der Waals surface area (Å²) in [5.41, 5.74) is 5.17. The van der Waals surface area contributed by atoms with Crippen molar-refractivity contribution in [2.45, 2.75) is 5.60 Å². The first-order valence-electron chi connectivity index (χ1n) is 4.26. The minimum Gasteiger partial charge on any atom is -0.466 e. The highest BCUT2D eigenvalue weighted by Crippen LogP contribution is 2.30. The van der Waals surface area contributed by atoms with Gasteiger partial charge in [-0.15, -0.1) is 0 Å². The molecule has 0 aliphatic heterocycles. The predicted molar refractivity (Wildman–Crippen MR) is 55.1 cm³/mol. The van der Waals surface area contributed by atoms with Crippen LogP contribution in [0.3, 0.4) is 0 Å². The Balaban J connectivity index is 2.45. The molecule has 0 aliphatic carbocycles. The Hall–Kier alpha value is -1.10. The summed E-state index contributed by atoms with van der Waals surface area (Å²) in [6.07, 6.45) is 1.53. The molecule has 0 saturated carbocycles. The lowest BCUT2D eigenvalue weighted by molar-refractivity contribution is 0.0661. The van der Waals surface area contributed by atoms with Gasteiger partial charge in [-0.05, 0) is 29.0 Å². The van der Waals surface area contributed by atoms with E-state index in [0.717, 1.165) is 5.56 Å². The molecule has 2 aromatic rings. The van der Waals surface area contributed by atoms with Gasteiger partial charge in [0.25, 0.3) is 0 Å². The monoisotopic (exact) mass is 209 g/mol. The molecule has 0 fully saturated rings. The number of thiophene rings is 1. The summed E-state index contributed by atoms with van der Waals surface area (Å²) >= 11 is 1.52. The van der Waals surface area contributed by atoms with E-state index in [2.05, 4.69) is 0 Å². The fraction of sp³-hybridized carbons (Fsp3) is 0.200. The summed E-state index contributed by atoms with van der Waals surface area (Å²) in [5.74, 6) is 0.485. The quantitative estimate of drug-likeness (QED) is 0.806. The molecule has 0 radical (unpaired) electrons. The van der Waals surface area contributed by atoms with Crippen LogP contribution in [0.5, 0.6) is 0 Å². The maximum Gasteiger partial charge on any atom is 0.160 e. The Morgan fingerprint density at radius 1 is 1.50 bits per heavy atom. The molecule has 2 aromatic heterocycles. The van der Waals surface area contributed by atoms with Crippen LogP contribution >= 0.6 is 11.3 Å². The van der Waals surface area contributed by atoms with Crippen molar-refractivity contribution in [2.75, 3.05) is 6.54 Å². The van der Waals surface area contributed by atoms with Crippen molar-refractivity contribution in [3.8, 4) is 0 Å². The first-order valence-corrected chi connectivity index (χ1v) is 5.21. The van der Waals surface area contributed by atoms with E-state index in [4.69, 9.17) is 10.2 Å². The zero-order valence-electron chi connectivity index (χ0n) is 7.51. The van der Waals surface area contributed by atoms with Crippen molar-refractivity contribution >= 4 is 11.3 Å². The van der Waals surface area contributed by atoms with Gasteiger partial charge in [0.15, 0.2) is 5.60 Å². The van der Waals surface area contributed by atoms with E-state index in [0.29, 0.717) is 5.76 Å². The van der Waals surface area contributed by atoms with E-state index < -0.39 is 5.60 Å². The van der Waals surface area contributed by atoms with Crippen LogP contribution in [0.25, 0.3) is 0 Å². The normalized spacial score (nSPS) is 15.3. The number of hydrogen-bond acceptors (Lipinski definition) is 4. The van der Waals surface area contributed by atoms with E-state index in [9.17, 15) is 5.11 Å². The van der Waals surface area contributed by atoms with Gasteiger partial charge in [-0.3, -0.25) is 0 Å². The molecule has 2 heterocycles. The Morgan fingerprint density at radius 2 is 2.36 bits per heavy atom. The van der Waals surface area contributed by atoms with E-state index in [1.807, 2.05) is 16.8 Å². The Morgan fingerprint density at radius 3 is 2.86 bits per heavy atom. The van der Waals surface area contributed by atoms with E-state index in [1.165, 1.54) is 17.6 Å². The zero-order valence-corrected chi connectivity index (χ0v) is 8.33. The second-order valence-corrected chi connectivity index (χ2v) is 3.83. The zero-order chi connectivity index (χ0) is 10.0. The molecule has 1 atom stereocenters. The van der Waals surface area contributed by atoms with Gasteiger partial charge in [0.1, 0.15) is 5.76 Å². The van der Waals surface area contributed by atoms with Crippen molar-refractivity contribution in [1.82, 2.24) is 0 Å². The number of aliphatic hydroxyl groups is 1. The summed E-state index contributed by atoms with van der Waals surface area (Å²) < 4.78 is 5.19. The fourth-order valence-corrected chi connectivity index (χ4v) is 2.10. The van der Waals surface area contributed by atoms with Crippen LogP contribution in [0, 0.1) is 0 Å². The first kappa shape index (κ1) is 9.45. The van der Waals surface area contributed by atoms with Gasteiger partial charge in [-0.2, -0.15) is 11.3 Å². The van der Waals surface area contributed by atoms with E-state index >= 15 is 0 Å². The van der Waals surface area contributed by atoms with Crippen molar-refractivity contribution in [1.29, 1.82) is 0 Å². The van der Waals surface area contributed by atoms with Crippen molar-refractivity contribution in [3.05, 3.63) is 46.5 Å². The highest BCUT2D eigenvalue weighted by molar-refractivity contribution is 7.08. The predicted octanol–water partition coefficient (Wildman–Crippen LogP) is 1.54. The molecule has 3 N–H and O–H groups in total. The molecule has 0 aromatic carbocycles. The first-order chi connectivity index (χ1) is 6.77. The average Bonchev–Trinajstić information content (AvgIpc) is 2.88. The van der Waals surface area contributed by atoms with E-state index in [-0.39, 0.29) is 6.54 Å². The fourth-order valence-electron chi connectivity index (χ4n) is 1.37. The number of furan rings is 1. The third-order valence-electron chi connectivity index (χ3n) is 2.22. The SMILES string of the molecule is NCC(O)(c1ccsc1)c1ccco1. The number of nitrogens with two attached hydrogens (primary N) is 1. The average molecular weight is 209 g/mol. The number of hydrogen-bond donors (Lipinski definition) is 2. The smallest absolute Gasteiger partial charge is 0.160 e. The van der Waals surface area contributed by atoms with Crippen molar-refractivity contribution < 1.29 is 9.52 Å². The highest BCUT2D eigenvalue weighted by atomic mass is 32.1. The molecular formula is C10H11NO2S. The molecular weight excluding hydrogens is 198 g/mol. The lowest BCUT2D eigenvalue weighted by Crippen LogP contribution is -2.35. The second-order valence-electron chi connectivity index (χ2n) is 3.05. The molecule has 3 nitrogen and oxygen atoms in total. The summed E-state index contributed by atoms with van der Waals surface area (Å²) in [7, 11) is 0. The summed E-state index contributed by atoms with van der Waals surface area (Å²) in [5, 5.41) is 14.1. The van der Waals surface area contributed by atoms with Crippen LogP contribution in [-0.4, -0.2) is 11.7 Å². The van der Waals surface area contributed by atoms with Gasteiger partial charge in [0.2, 0.25) is 0 Å². The molecule has 0 aliphatic rings. The van der Waals surface area contributed by atoms with Crippen molar-refractivity contribution in [2.24, 2.45) is 5.73 Å². The molecule has 14 heavy (non-hydrogen) atoms. The van der Waals surface area contributed by atoms with Crippen LogP contribution in [0.15, 0.2) is 39.6 Å². The Kier molecular flexibility index (Phi) is 2.41. The van der Waals surface area contributed by atoms with Crippen LogP contribution in [0.1, 0.15) is 11.3 Å². The highest BCUT2D eigenvalue weighted by Gasteiger charge is 2.33. The Labute approximate surface area is 85.8 Å². The lowest BCUT2D eigenvalue weighted by atomic mass is 9.94. The van der Waals surface area contributed by atoms with Crippen LogP contribution in [0.2, 0.25) is 0 Å². The van der Waals surface area contributed by atoms with Gasteiger partial charge >= 0.3 is 0 Å². The lowest BCUT2D eigenvalue weighted by Gasteiger charge is -2.22. The second kappa shape index (κ2) is 3.57. The molecule has 0 spiro atoms. The molecule has 4 heteroatoms. The third-order valence-corrected chi connectivity index (χ3v) is 2.91.